The van der Waals surface area contributed by atoms with E-state index < -0.39 is 5.97 Å². The van der Waals surface area contributed by atoms with E-state index in [1.165, 1.54) is 18.3 Å². The number of hydrogen-bond donors (Lipinski definition) is 2. The Bertz CT molecular complexity index is 758. The second-order valence-electron chi connectivity index (χ2n) is 5.25. The molecule has 0 aliphatic carbocycles. The van der Waals surface area contributed by atoms with E-state index in [0.717, 1.165) is 12.0 Å². The Morgan fingerprint density at radius 2 is 1.92 bits per heavy atom. The maximum atomic E-state index is 12.1. The van der Waals surface area contributed by atoms with E-state index in [9.17, 15) is 9.59 Å². The number of carbonyl (C=O) groups excluding carboxylic acids is 1. The van der Waals surface area contributed by atoms with Crippen LogP contribution in [0.3, 0.4) is 0 Å². The van der Waals surface area contributed by atoms with Crippen LogP contribution in [0.25, 0.3) is 0 Å². The van der Waals surface area contributed by atoms with Gasteiger partial charge in [-0.3, -0.25) is 4.79 Å². The zero-order valence-corrected chi connectivity index (χ0v) is 12.8. The highest BCUT2D eigenvalue weighted by molar-refractivity contribution is 5.94. The maximum absolute atomic E-state index is 12.1. The number of amides is 1. The molecule has 24 heavy (non-hydrogen) atoms. The van der Waals surface area contributed by atoms with Crippen LogP contribution in [0.1, 0.15) is 32.8 Å². The van der Waals surface area contributed by atoms with E-state index in [0.29, 0.717) is 36.8 Å². The van der Waals surface area contributed by atoms with Crippen LogP contribution in [0, 0.1) is 0 Å². The van der Waals surface area contributed by atoms with Gasteiger partial charge in [0.25, 0.3) is 5.91 Å². The molecule has 7 heteroatoms. The SMILES string of the molecule is O=C(NCc1ccc2c(c1)OCCCO2)c1ccc(C(=O)O)nc1. The molecule has 7 nitrogen and oxygen atoms in total. The summed E-state index contributed by atoms with van der Waals surface area (Å²) in [5, 5.41) is 11.6. The molecule has 1 aromatic carbocycles. The number of nitrogens with zero attached hydrogens (tertiary/aromatic N) is 1. The lowest BCUT2D eigenvalue weighted by molar-refractivity contribution is 0.0689. The zero-order chi connectivity index (χ0) is 16.9. The third-order valence-electron chi connectivity index (χ3n) is 3.51. The lowest BCUT2D eigenvalue weighted by Gasteiger charge is -2.10. The number of aromatic nitrogens is 1. The highest BCUT2D eigenvalue weighted by Crippen LogP contribution is 2.30. The molecular formula is C17H16N2O5. The Kier molecular flexibility index (Phi) is 4.60. The number of carboxylic acids is 1. The number of nitrogens with one attached hydrogen (secondary N) is 1. The van der Waals surface area contributed by atoms with Gasteiger partial charge in [-0.2, -0.15) is 0 Å². The molecule has 2 aromatic rings. The second-order valence-corrected chi connectivity index (χ2v) is 5.25. The molecule has 0 atom stereocenters. The van der Waals surface area contributed by atoms with Crippen molar-refractivity contribution in [2.75, 3.05) is 13.2 Å². The summed E-state index contributed by atoms with van der Waals surface area (Å²) in [7, 11) is 0. The molecule has 0 saturated carbocycles. The maximum Gasteiger partial charge on any atom is 0.354 e. The monoisotopic (exact) mass is 328 g/mol. The highest BCUT2D eigenvalue weighted by Gasteiger charge is 2.12. The van der Waals surface area contributed by atoms with Crippen LogP contribution in [0.2, 0.25) is 0 Å². The fourth-order valence-corrected chi connectivity index (χ4v) is 2.26. The standard InChI is InChI=1S/C17H16N2O5/c20-16(12-3-4-13(17(21)22)18-10-12)19-9-11-2-5-14-15(8-11)24-7-1-6-23-14/h2-5,8,10H,1,6-7,9H2,(H,19,20)(H,21,22). The first-order valence-corrected chi connectivity index (χ1v) is 7.49. The van der Waals surface area contributed by atoms with Crippen molar-refractivity contribution in [2.24, 2.45) is 0 Å². The summed E-state index contributed by atoms with van der Waals surface area (Å²) in [4.78, 5) is 26.6. The fourth-order valence-electron chi connectivity index (χ4n) is 2.26. The molecule has 2 N–H and O–H groups in total. The Hall–Kier alpha value is -3.09. The van der Waals surface area contributed by atoms with E-state index in [4.69, 9.17) is 14.6 Å². The van der Waals surface area contributed by atoms with E-state index in [1.807, 2.05) is 18.2 Å². The van der Waals surface area contributed by atoms with Crippen LogP contribution in [-0.2, 0) is 6.54 Å². The van der Waals surface area contributed by atoms with E-state index >= 15 is 0 Å². The predicted octanol–water partition coefficient (Wildman–Crippen LogP) is 1.87. The minimum absolute atomic E-state index is 0.102. The Morgan fingerprint density at radius 3 is 2.62 bits per heavy atom. The van der Waals surface area contributed by atoms with Crippen molar-refractivity contribution >= 4 is 11.9 Å². The lowest BCUT2D eigenvalue weighted by Crippen LogP contribution is -2.23. The first kappa shape index (κ1) is 15.8. The molecule has 0 fully saturated rings. The number of benzene rings is 1. The largest absolute Gasteiger partial charge is 0.490 e. The van der Waals surface area contributed by atoms with Gasteiger partial charge >= 0.3 is 5.97 Å². The number of carbonyl (C=O) groups is 2. The third kappa shape index (κ3) is 3.62. The van der Waals surface area contributed by atoms with Crippen LogP contribution >= 0.6 is 0 Å². The number of aromatic carboxylic acids is 1. The summed E-state index contributed by atoms with van der Waals surface area (Å²) >= 11 is 0. The summed E-state index contributed by atoms with van der Waals surface area (Å²) in [6.45, 7) is 1.54. The van der Waals surface area contributed by atoms with Crippen LogP contribution in [0.5, 0.6) is 11.5 Å². The molecule has 0 bridgehead atoms. The quantitative estimate of drug-likeness (QED) is 0.889. The van der Waals surface area contributed by atoms with Gasteiger partial charge in [-0.25, -0.2) is 9.78 Å². The Balaban J connectivity index is 1.63. The van der Waals surface area contributed by atoms with Crippen LogP contribution in [0.4, 0.5) is 0 Å². The second kappa shape index (κ2) is 6.99. The summed E-state index contributed by atoms with van der Waals surface area (Å²) in [6, 6.07) is 8.25. The van der Waals surface area contributed by atoms with Crippen molar-refractivity contribution in [3.05, 3.63) is 53.3 Å². The highest BCUT2D eigenvalue weighted by atomic mass is 16.5. The van der Waals surface area contributed by atoms with Crippen LogP contribution in [0.15, 0.2) is 36.5 Å². The molecule has 0 radical (unpaired) electrons. The van der Waals surface area contributed by atoms with Gasteiger partial charge in [0.1, 0.15) is 5.69 Å². The number of carboxylic acid groups (broad SMARTS) is 1. The molecule has 3 rings (SSSR count). The van der Waals surface area contributed by atoms with Crippen LogP contribution < -0.4 is 14.8 Å². The average molecular weight is 328 g/mol. The molecule has 2 heterocycles. The normalized spacial score (nSPS) is 13.0. The molecular weight excluding hydrogens is 312 g/mol. The molecule has 0 unspecified atom stereocenters. The van der Waals surface area contributed by atoms with Crippen molar-refractivity contribution in [1.82, 2.24) is 10.3 Å². The average Bonchev–Trinajstić information content (AvgIpc) is 2.84. The van der Waals surface area contributed by atoms with Gasteiger partial charge < -0.3 is 19.9 Å². The van der Waals surface area contributed by atoms with Gasteiger partial charge in [-0.15, -0.1) is 0 Å². The molecule has 1 aliphatic heterocycles. The van der Waals surface area contributed by atoms with E-state index in [2.05, 4.69) is 10.3 Å². The van der Waals surface area contributed by atoms with Gasteiger partial charge in [0.05, 0.1) is 18.8 Å². The van der Waals surface area contributed by atoms with Gasteiger partial charge in [-0.1, -0.05) is 6.07 Å². The molecule has 0 saturated heterocycles. The van der Waals surface area contributed by atoms with Gasteiger partial charge in [0.15, 0.2) is 11.5 Å². The third-order valence-corrected chi connectivity index (χ3v) is 3.51. The van der Waals surface area contributed by atoms with Gasteiger partial charge in [0.2, 0.25) is 0 Å². The molecule has 1 amide bonds. The number of pyridine rings is 1. The molecule has 0 spiro atoms. The Labute approximate surface area is 138 Å². The van der Waals surface area contributed by atoms with Gasteiger partial charge in [0, 0.05) is 19.2 Å². The minimum atomic E-state index is -1.13. The van der Waals surface area contributed by atoms with Crippen LogP contribution in [-0.4, -0.2) is 35.2 Å². The van der Waals surface area contributed by atoms with Crippen molar-refractivity contribution in [2.45, 2.75) is 13.0 Å². The summed E-state index contributed by atoms with van der Waals surface area (Å²) < 4.78 is 11.2. The first-order valence-electron chi connectivity index (χ1n) is 7.49. The molecule has 1 aliphatic rings. The van der Waals surface area contributed by atoms with Crippen molar-refractivity contribution in [1.29, 1.82) is 0 Å². The number of fused-ring (bicyclic) bond motifs is 1. The lowest BCUT2D eigenvalue weighted by atomic mass is 10.2. The summed E-state index contributed by atoms with van der Waals surface area (Å²) in [6.07, 6.45) is 2.08. The summed E-state index contributed by atoms with van der Waals surface area (Å²) in [5.41, 5.74) is 1.08. The fraction of sp³-hybridized carbons (Fsp3) is 0.235. The first-order chi connectivity index (χ1) is 11.6. The number of rotatable bonds is 4. The minimum Gasteiger partial charge on any atom is -0.490 e. The van der Waals surface area contributed by atoms with Crippen molar-refractivity contribution in [3.8, 4) is 11.5 Å². The number of ether oxygens (including phenoxy) is 2. The van der Waals surface area contributed by atoms with E-state index in [-0.39, 0.29) is 11.6 Å². The van der Waals surface area contributed by atoms with Gasteiger partial charge in [-0.05, 0) is 29.8 Å². The molecule has 124 valence electrons. The topological polar surface area (TPSA) is 97.8 Å². The molecule has 1 aromatic heterocycles. The number of hydrogen-bond acceptors (Lipinski definition) is 5. The predicted molar refractivity (Wildman–Crippen MR) is 84.4 cm³/mol. The zero-order valence-electron chi connectivity index (χ0n) is 12.8. The smallest absolute Gasteiger partial charge is 0.354 e. The summed E-state index contributed by atoms with van der Waals surface area (Å²) in [5.74, 6) is -0.0801. The van der Waals surface area contributed by atoms with E-state index in [1.54, 1.807) is 0 Å². The van der Waals surface area contributed by atoms with Crippen molar-refractivity contribution in [3.63, 3.8) is 0 Å². The Morgan fingerprint density at radius 1 is 1.12 bits per heavy atom. The van der Waals surface area contributed by atoms with Crippen molar-refractivity contribution < 1.29 is 24.2 Å².